The second-order valence-corrected chi connectivity index (χ2v) is 7.83. The second-order valence-electron chi connectivity index (χ2n) is 7.40. The van der Waals surface area contributed by atoms with Crippen molar-refractivity contribution >= 4 is 22.6 Å². The Kier molecular flexibility index (Phi) is 5.59. The van der Waals surface area contributed by atoms with E-state index in [4.69, 9.17) is 21.3 Å². The van der Waals surface area contributed by atoms with Gasteiger partial charge in [-0.3, -0.25) is 4.90 Å². The number of morpholine rings is 1. The third-order valence-corrected chi connectivity index (χ3v) is 5.90. The average Bonchev–Trinajstić information content (AvgIpc) is 3.01. The quantitative estimate of drug-likeness (QED) is 0.787. The van der Waals surface area contributed by atoms with Crippen LogP contribution in [0.5, 0.6) is 0 Å². The lowest BCUT2D eigenvalue weighted by atomic mass is 9.88. The van der Waals surface area contributed by atoms with Gasteiger partial charge in [0.15, 0.2) is 0 Å². The smallest absolute Gasteiger partial charge is 0.112 e. The van der Waals surface area contributed by atoms with Gasteiger partial charge in [-0.15, -0.1) is 0 Å². The Hall–Kier alpha value is -1.10. The molecule has 1 aliphatic heterocycles. The minimum Gasteiger partial charge on any atom is -0.379 e. The van der Waals surface area contributed by atoms with Crippen molar-refractivity contribution in [3.05, 3.63) is 29.0 Å². The van der Waals surface area contributed by atoms with E-state index in [1.807, 2.05) is 12.1 Å². The molecule has 2 heterocycles. The fraction of sp³-hybridized carbons (Fsp3) is 0.650. The molecule has 0 radical (unpaired) electrons. The molecular weight excluding hydrogens is 334 g/mol. The number of hydrogen-bond donors (Lipinski definition) is 0. The molecule has 2 fully saturated rings. The summed E-state index contributed by atoms with van der Waals surface area (Å²) in [4.78, 5) is 7.52. The third-order valence-electron chi connectivity index (χ3n) is 5.67. The standard InChI is InChI=1S/C20H28ClN3O/c21-17-7-8-19-18(15-17)22-20(16-5-2-1-3-6-16)24(19)10-4-9-23-11-13-25-14-12-23/h7-8,15-16H,1-6,9-14H2. The SMILES string of the molecule is Clc1ccc2c(c1)nc(C1CCCCC1)n2CCCN1CCOCC1. The van der Waals surface area contributed by atoms with Gasteiger partial charge in [-0.25, -0.2) is 4.98 Å². The summed E-state index contributed by atoms with van der Waals surface area (Å²) in [6, 6.07) is 6.15. The lowest BCUT2D eigenvalue weighted by Crippen LogP contribution is -2.37. The molecule has 25 heavy (non-hydrogen) atoms. The van der Waals surface area contributed by atoms with E-state index in [0.717, 1.165) is 56.4 Å². The first-order chi connectivity index (χ1) is 12.3. The zero-order valence-electron chi connectivity index (χ0n) is 14.9. The predicted octanol–water partition coefficient (Wildman–Crippen LogP) is 4.46. The molecule has 1 aliphatic carbocycles. The van der Waals surface area contributed by atoms with Gasteiger partial charge in [-0.2, -0.15) is 0 Å². The van der Waals surface area contributed by atoms with Crippen molar-refractivity contribution in [2.24, 2.45) is 0 Å². The average molecular weight is 362 g/mol. The molecule has 1 aromatic carbocycles. The van der Waals surface area contributed by atoms with Crippen molar-refractivity contribution in [2.45, 2.75) is 51.0 Å². The van der Waals surface area contributed by atoms with Gasteiger partial charge in [-0.1, -0.05) is 30.9 Å². The van der Waals surface area contributed by atoms with Crippen LogP contribution >= 0.6 is 11.6 Å². The summed E-state index contributed by atoms with van der Waals surface area (Å²) in [6.07, 6.45) is 7.76. The fourth-order valence-electron chi connectivity index (χ4n) is 4.31. The Balaban J connectivity index is 1.53. The number of ether oxygens (including phenoxy) is 1. The maximum atomic E-state index is 6.20. The summed E-state index contributed by atoms with van der Waals surface area (Å²) in [5.41, 5.74) is 2.30. The van der Waals surface area contributed by atoms with E-state index in [9.17, 15) is 0 Å². The van der Waals surface area contributed by atoms with E-state index in [0.29, 0.717) is 5.92 Å². The van der Waals surface area contributed by atoms with E-state index in [-0.39, 0.29) is 0 Å². The summed E-state index contributed by atoms with van der Waals surface area (Å²) in [7, 11) is 0. The molecule has 2 aliphatic rings. The van der Waals surface area contributed by atoms with Crippen LogP contribution in [0, 0.1) is 0 Å². The highest BCUT2D eigenvalue weighted by Gasteiger charge is 2.22. The number of fused-ring (bicyclic) bond motifs is 1. The number of benzene rings is 1. The largest absolute Gasteiger partial charge is 0.379 e. The van der Waals surface area contributed by atoms with E-state index in [1.54, 1.807) is 0 Å². The molecule has 1 saturated heterocycles. The number of nitrogens with zero attached hydrogens (tertiary/aromatic N) is 3. The van der Waals surface area contributed by atoms with Gasteiger partial charge in [0, 0.05) is 37.1 Å². The van der Waals surface area contributed by atoms with Crippen LogP contribution in [0.1, 0.15) is 50.3 Å². The zero-order valence-corrected chi connectivity index (χ0v) is 15.7. The van der Waals surface area contributed by atoms with E-state index >= 15 is 0 Å². The van der Waals surface area contributed by atoms with Gasteiger partial charge in [0.05, 0.1) is 24.2 Å². The molecule has 0 spiro atoms. The summed E-state index contributed by atoms with van der Waals surface area (Å²) < 4.78 is 7.92. The zero-order chi connectivity index (χ0) is 17.1. The van der Waals surface area contributed by atoms with Gasteiger partial charge < -0.3 is 9.30 Å². The van der Waals surface area contributed by atoms with Crippen LogP contribution in [0.3, 0.4) is 0 Å². The number of imidazole rings is 1. The van der Waals surface area contributed by atoms with Gasteiger partial charge >= 0.3 is 0 Å². The first-order valence-electron chi connectivity index (χ1n) is 9.77. The minimum atomic E-state index is 0.614. The summed E-state index contributed by atoms with van der Waals surface area (Å²) in [6.45, 7) is 6.06. The molecule has 4 nitrogen and oxygen atoms in total. The van der Waals surface area contributed by atoms with E-state index in [2.05, 4.69) is 15.5 Å². The Morgan fingerprint density at radius 1 is 1.08 bits per heavy atom. The maximum Gasteiger partial charge on any atom is 0.112 e. The molecule has 1 saturated carbocycles. The van der Waals surface area contributed by atoms with E-state index in [1.165, 1.54) is 43.4 Å². The Morgan fingerprint density at radius 3 is 2.68 bits per heavy atom. The highest BCUT2D eigenvalue weighted by molar-refractivity contribution is 6.31. The normalized spacial score (nSPS) is 20.4. The highest BCUT2D eigenvalue weighted by atomic mass is 35.5. The molecule has 0 unspecified atom stereocenters. The van der Waals surface area contributed by atoms with Crippen LogP contribution in [-0.4, -0.2) is 47.3 Å². The highest BCUT2D eigenvalue weighted by Crippen LogP contribution is 2.34. The van der Waals surface area contributed by atoms with Gasteiger partial charge in [0.1, 0.15) is 5.82 Å². The van der Waals surface area contributed by atoms with Crippen LogP contribution in [-0.2, 0) is 11.3 Å². The Labute approximate surface area is 155 Å². The fourth-order valence-corrected chi connectivity index (χ4v) is 4.47. The van der Waals surface area contributed by atoms with Crippen LogP contribution in [0.15, 0.2) is 18.2 Å². The van der Waals surface area contributed by atoms with Gasteiger partial charge in [0.25, 0.3) is 0 Å². The van der Waals surface area contributed by atoms with Crippen molar-refractivity contribution < 1.29 is 4.74 Å². The van der Waals surface area contributed by atoms with Crippen LogP contribution in [0.4, 0.5) is 0 Å². The molecule has 0 atom stereocenters. The monoisotopic (exact) mass is 361 g/mol. The third kappa shape index (κ3) is 4.02. The van der Waals surface area contributed by atoms with Gasteiger partial charge in [0.2, 0.25) is 0 Å². The van der Waals surface area contributed by atoms with Crippen LogP contribution < -0.4 is 0 Å². The van der Waals surface area contributed by atoms with Crippen molar-refractivity contribution in [2.75, 3.05) is 32.8 Å². The molecule has 5 heteroatoms. The number of halogens is 1. The second kappa shape index (κ2) is 8.07. The van der Waals surface area contributed by atoms with Crippen molar-refractivity contribution in [1.82, 2.24) is 14.5 Å². The van der Waals surface area contributed by atoms with E-state index < -0.39 is 0 Å². The first kappa shape index (κ1) is 17.3. The Bertz CT molecular complexity index is 702. The summed E-state index contributed by atoms with van der Waals surface area (Å²) in [5, 5.41) is 0.778. The minimum absolute atomic E-state index is 0.614. The number of aromatic nitrogens is 2. The van der Waals surface area contributed by atoms with Crippen LogP contribution in [0.25, 0.3) is 11.0 Å². The first-order valence-corrected chi connectivity index (χ1v) is 10.1. The van der Waals surface area contributed by atoms with Crippen molar-refractivity contribution in [3.8, 4) is 0 Å². The Morgan fingerprint density at radius 2 is 1.88 bits per heavy atom. The number of rotatable bonds is 5. The van der Waals surface area contributed by atoms with Crippen molar-refractivity contribution in [1.29, 1.82) is 0 Å². The molecule has 0 amide bonds. The summed E-state index contributed by atoms with van der Waals surface area (Å²) >= 11 is 6.20. The molecule has 1 aromatic heterocycles. The molecule has 0 N–H and O–H groups in total. The van der Waals surface area contributed by atoms with Crippen molar-refractivity contribution in [3.63, 3.8) is 0 Å². The molecular formula is C20H28ClN3O. The summed E-state index contributed by atoms with van der Waals surface area (Å²) in [5.74, 6) is 1.90. The lowest BCUT2D eigenvalue weighted by Gasteiger charge is -2.27. The number of aryl methyl sites for hydroxylation is 1. The predicted molar refractivity (Wildman–Crippen MR) is 102 cm³/mol. The molecule has 4 rings (SSSR count). The maximum absolute atomic E-state index is 6.20. The number of hydrogen-bond acceptors (Lipinski definition) is 3. The molecule has 2 aromatic rings. The lowest BCUT2D eigenvalue weighted by molar-refractivity contribution is 0.0369. The van der Waals surface area contributed by atoms with Gasteiger partial charge in [-0.05, 0) is 37.5 Å². The topological polar surface area (TPSA) is 30.3 Å². The molecule has 136 valence electrons. The van der Waals surface area contributed by atoms with Crippen LogP contribution in [0.2, 0.25) is 5.02 Å². The molecule has 0 bridgehead atoms.